The van der Waals surface area contributed by atoms with Gasteiger partial charge in [-0.15, -0.1) is 0 Å². The summed E-state index contributed by atoms with van der Waals surface area (Å²) in [7, 11) is -1.55. The van der Waals surface area contributed by atoms with E-state index in [4.69, 9.17) is 0 Å². The summed E-state index contributed by atoms with van der Waals surface area (Å²) >= 11 is 0. The fourth-order valence-electron chi connectivity index (χ4n) is 3.03. The number of carbonyl (C=O) groups is 2. The van der Waals surface area contributed by atoms with E-state index in [-0.39, 0.29) is 23.5 Å². The maximum atomic E-state index is 12.9. The largest absolute Gasteiger partial charge is 0.341 e. The van der Waals surface area contributed by atoms with Crippen LogP contribution < -0.4 is 5.32 Å². The van der Waals surface area contributed by atoms with Gasteiger partial charge in [0.05, 0.1) is 11.5 Å². The molecule has 3 rings (SSSR count). The SMILES string of the molecule is CN(C(=O)C1(C(=O)Nc2ccc(F)cc2)CC1)C1CCS(=O)(=O)C1. The van der Waals surface area contributed by atoms with E-state index in [9.17, 15) is 22.4 Å². The number of amides is 2. The maximum absolute atomic E-state index is 12.9. The zero-order valence-electron chi connectivity index (χ0n) is 13.3. The molecule has 1 aromatic rings. The molecule has 0 radical (unpaired) electrons. The van der Waals surface area contributed by atoms with E-state index in [1.165, 1.54) is 29.2 Å². The van der Waals surface area contributed by atoms with E-state index in [0.29, 0.717) is 24.9 Å². The van der Waals surface area contributed by atoms with Gasteiger partial charge < -0.3 is 10.2 Å². The lowest BCUT2D eigenvalue weighted by molar-refractivity contribution is -0.142. The first-order valence-electron chi connectivity index (χ1n) is 7.78. The lowest BCUT2D eigenvalue weighted by atomic mass is 10.0. The third-order valence-electron chi connectivity index (χ3n) is 4.77. The molecule has 1 atom stereocenters. The van der Waals surface area contributed by atoms with Gasteiger partial charge in [-0.25, -0.2) is 12.8 Å². The van der Waals surface area contributed by atoms with Crippen LogP contribution >= 0.6 is 0 Å². The van der Waals surface area contributed by atoms with E-state index in [1.807, 2.05) is 0 Å². The molecular weight excluding hydrogens is 335 g/mol. The van der Waals surface area contributed by atoms with Crippen molar-refractivity contribution in [1.29, 1.82) is 0 Å². The van der Waals surface area contributed by atoms with E-state index in [2.05, 4.69) is 5.32 Å². The fraction of sp³-hybridized carbons (Fsp3) is 0.500. The van der Waals surface area contributed by atoms with Crippen molar-refractivity contribution in [2.45, 2.75) is 25.3 Å². The third-order valence-corrected chi connectivity index (χ3v) is 6.52. The summed E-state index contributed by atoms with van der Waals surface area (Å²) < 4.78 is 36.1. The number of nitrogens with one attached hydrogen (secondary N) is 1. The molecule has 1 aromatic carbocycles. The quantitative estimate of drug-likeness (QED) is 0.824. The molecule has 0 bridgehead atoms. The van der Waals surface area contributed by atoms with Crippen molar-refractivity contribution in [3.8, 4) is 0 Å². The second kappa shape index (κ2) is 5.84. The van der Waals surface area contributed by atoms with Crippen LogP contribution in [0.2, 0.25) is 0 Å². The number of hydrogen-bond donors (Lipinski definition) is 1. The summed E-state index contributed by atoms with van der Waals surface area (Å²) in [5.41, 5.74) is -0.707. The first-order valence-corrected chi connectivity index (χ1v) is 9.60. The Morgan fingerprint density at radius 2 is 1.88 bits per heavy atom. The highest BCUT2D eigenvalue weighted by molar-refractivity contribution is 7.91. The summed E-state index contributed by atoms with van der Waals surface area (Å²) in [5.74, 6) is -1.15. The molecule has 1 unspecified atom stereocenters. The van der Waals surface area contributed by atoms with Crippen LogP contribution in [-0.2, 0) is 19.4 Å². The Morgan fingerprint density at radius 3 is 2.38 bits per heavy atom. The molecule has 130 valence electrons. The predicted molar refractivity (Wildman–Crippen MR) is 86.5 cm³/mol. The van der Waals surface area contributed by atoms with Crippen LogP contribution in [0, 0.1) is 11.2 Å². The van der Waals surface area contributed by atoms with Gasteiger partial charge in [-0.2, -0.15) is 0 Å². The number of anilines is 1. The van der Waals surface area contributed by atoms with Crippen LogP contribution in [0.25, 0.3) is 0 Å². The molecule has 1 aliphatic heterocycles. The second-order valence-corrected chi connectivity index (χ2v) is 8.74. The Morgan fingerprint density at radius 1 is 1.25 bits per heavy atom. The Balaban J connectivity index is 1.69. The van der Waals surface area contributed by atoms with Gasteiger partial charge in [0.25, 0.3) is 0 Å². The summed E-state index contributed by atoms with van der Waals surface area (Å²) in [6, 6.07) is 4.94. The molecule has 2 fully saturated rings. The lowest BCUT2D eigenvalue weighted by Crippen LogP contribution is -2.46. The number of benzene rings is 1. The van der Waals surface area contributed by atoms with Gasteiger partial charge in [-0.05, 0) is 43.5 Å². The zero-order valence-corrected chi connectivity index (χ0v) is 14.1. The molecule has 8 heteroatoms. The van der Waals surface area contributed by atoms with Crippen LogP contribution in [0.5, 0.6) is 0 Å². The van der Waals surface area contributed by atoms with Gasteiger partial charge >= 0.3 is 0 Å². The molecule has 1 aliphatic carbocycles. The average molecular weight is 354 g/mol. The first-order chi connectivity index (χ1) is 11.2. The van der Waals surface area contributed by atoms with Gasteiger partial charge in [0.15, 0.2) is 9.84 Å². The number of nitrogens with zero attached hydrogens (tertiary/aromatic N) is 1. The molecule has 2 aliphatic rings. The minimum absolute atomic E-state index is 0.0507. The minimum Gasteiger partial charge on any atom is -0.341 e. The van der Waals surface area contributed by atoms with Gasteiger partial charge in [0.2, 0.25) is 11.8 Å². The number of hydrogen-bond acceptors (Lipinski definition) is 4. The van der Waals surface area contributed by atoms with Crippen molar-refractivity contribution in [3.05, 3.63) is 30.1 Å². The van der Waals surface area contributed by atoms with Crippen molar-refractivity contribution >= 4 is 27.3 Å². The monoisotopic (exact) mass is 354 g/mol. The summed E-state index contributed by atoms with van der Waals surface area (Å²) in [4.78, 5) is 26.6. The van der Waals surface area contributed by atoms with Gasteiger partial charge in [0, 0.05) is 18.8 Å². The highest BCUT2D eigenvalue weighted by Crippen LogP contribution is 2.48. The molecular formula is C16H19FN2O4S. The Bertz CT molecular complexity index is 772. The highest BCUT2D eigenvalue weighted by Gasteiger charge is 2.58. The summed E-state index contributed by atoms with van der Waals surface area (Å²) in [5, 5.41) is 2.64. The normalized spacial score (nSPS) is 23.5. The molecule has 1 heterocycles. The summed E-state index contributed by atoms with van der Waals surface area (Å²) in [6.45, 7) is 0. The van der Waals surface area contributed by atoms with Crippen LogP contribution in [-0.4, -0.2) is 49.7 Å². The molecule has 1 saturated heterocycles. The molecule has 2 amide bonds. The number of sulfone groups is 1. The number of carbonyl (C=O) groups excluding carboxylic acids is 2. The molecule has 6 nitrogen and oxygen atoms in total. The van der Waals surface area contributed by atoms with Gasteiger partial charge in [-0.1, -0.05) is 0 Å². The van der Waals surface area contributed by atoms with E-state index < -0.39 is 27.0 Å². The first kappa shape index (κ1) is 16.9. The fourth-order valence-corrected chi connectivity index (χ4v) is 4.81. The minimum atomic E-state index is -3.10. The summed E-state index contributed by atoms with van der Waals surface area (Å²) in [6.07, 6.45) is 1.27. The highest BCUT2D eigenvalue weighted by atomic mass is 32.2. The average Bonchev–Trinajstić information content (AvgIpc) is 3.27. The zero-order chi connectivity index (χ0) is 17.5. The Hall–Kier alpha value is -1.96. The standard InChI is InChI=1S/C16H19FN2O4S/c1-19(13-6-9-24(22,23)10-13)15(21)16(7-8-16)14(20)18-12-4-2-11(17)3-5-12/h2-5,13H,6-10H2,1H3,(H,18,20). The van der Waals surface area contributed by atoms with E-state index >= 15 is 0 Å². The Labute approximate surface area is 139 Å². The molecule has 24 heavy (non-hydrogen) atoms. The molecule has 0 spiro atoms. The van der Waals surface area contributed by atoms with Crippen LogP contribution in [0.3, 0.4) is 0 Å². The van der Waals surface area contributed by atoms with Crippen molar-refractivity contribution in [3.63, 3.8) is 0 Å². The lowest BCUT2D eigenvalue weighted by Gasteiger charge is -2.27. The van der Waals surface area contributed by atoms with Crippen molar-refractivity contribution in [1.82, 2.24) is 4.90 Å². The molecule has 1 saturated carbocycles. The van der Waals surface area contributed by atoms with Crippen LogP contribution in [0.4, 0.5) is 10.1 Å². The van der Waals surface area contributed by atoms with Crippen molar-refractivity contribution in [2.24, 2.45) is 5.41 Å². The third kappa shape index (κ3) is 3.15. The molecule has 1 N–H and O–H groups in total. The van der Waals surface area contributed by atoms with E-state index in [1.54, 1.807) is 7.05 Å². The number of halogens is 1. The van der Waals surface area contributed by atoms with Crippen molar-refractivity contribution < 1.29 is 22.4 Å². The molecule has 0 aromatic heterocycles. The second-order valence-electron chi connectivity index (χ2n) is 6.52. The van der Waals surface area contributed by atoms with E-state index in [0.717, 1.165) is 0 Å². The van der Waals surface area contributed by atoms with Crippen LogP contribution in [0.15, 0.2) is 24.3 Å². The van der Waals surface area contributed by atoms with Gasteiger partial charge in [0.1, 0.15) is 11.2 Å². The van der Waals surface area contributed by atoms with Crippen LogP contribution in [0.1, 0.15) is 19.3 Å². The smallest absolute Gasteiger partial charge is 0.240 e. The maximum Gasteiger partial charge on any atom is 0.240 e. The topological polar surface area (TPSA) is 83.6 Å². The number of rotatable bonds is 4. The van der Waals surface area contributed by atoms with Gasteiger partial charge in [-0.3, -0.25) is 9.59 Å². The predicted octanol–water partition coefficient (Wildman–Crippen LogP) is 1.19. The van der Waals surface area contributed by atoms with Crippen molar-refractivity contribution in [2.75, 3.05) is 23.9 Å². The Kier molecular flexibility index (Phi) is 4.11.